The van der Waals surface area contributed by atoms with Gasteiger partial charge in [-0.25, -0.2) is 0 Å². The highest BCUT2D eigenvalue weighted by Gasteiger charge is 2.39. The molecule has 5 nitrogen and oxygen atoms in total. The number of hydrogen-bond acceptors (Lipinski definition) is 5. The molecule has 15 heavy (non-hydrogen) atoms. The van der Waals surface area contributed by atoms with Crippen molar-refractivity contribution in [2.24, 2.45) is 0 Å². The Morgan fingerprint density at radius 3 is 2.73 bits per heavy atom. The van der Waals surface area contributed by atoms with Crippen LogP contribution < -0.4 is 5.32 Å². The number of morpholine rings is 1. The Labute approximate surface area is 82.6 Å². The predicted octanol–water partition coefficient (Wildman–Crippen LogP) is 0.749. The second kappa shape index (κ2) is 3.78. The molecule has 1 aliphatic rings. The van der Waals surface area contributed by atoms with Crippen molar-refractivity contribution in [1.29, 1.82) is 0 Å². The summed E-state index contributed by atoms with van der Waals surface area (Å²) in [5.74, 6) is -1.35. The highest BCUT2D eigenvalue weighted by atomic mass is 19.4. The van der Waals surface area contributed by atoms with Crippen molar-refractivity contribution in [1.82, 2.24) is 15.5 Å². The van der Waals surface area contributed by atoms with Crippen LogP contribution in [0.4, 0.5) is 13.2 Å². The Hall–Kier alpha value is -1.15. The Morgan fingerprint density at radius 2 is 2.20 bits per heavy atom. The van der Waals surface area contributed by atoms with Crippen LogP contribution in [0.5, 0.6) is 0 Å². The van der Waals surface area contributed by atoms with Gasteiger partial charge >= 0.3 is 12.1 Å². The lowest BCUT2D eigenvalue weighted by Gasteiger charge is -2.20. The molecule has 1 saturated heterocycles. The zero-order valence-electron chi connectivity index (χ0n) is 7.54. The summed E-state index contributed by atoms with van der Waals surface area (Å²) in [7, 11) is 0. The zero-order chi connectivity index (χ0) is 10.9. The summed E-state index contributed by atoms with van der Waals surface area (Å²) in [6, 6.07) is -0.432. The van der Waals surface area contributed by atoms with E-state index in [0.717, 1.165) is 0 Å². The number of ether oxygens (including phenoxy) is 1. The van der Waals surface area contributed by atoms with E-state index >= 15 is 0 Å². The molecule has 2 rings (SSSR count). The molecule has 0 aliphatic carbocycles. The molecule has 1 N–H and O–H groups in total. The number of nitrogens with zero attached hydrogens (tertiary/aromatic N) is 2. The number of alkyl halides is 3. The maximum absolute atomic E-state index is 12.1. The summed E-state index contributed by atoms with van der Waals surface area (Å²) in [5.41, 5.74) is 0. The van der Waals surface area contributed by atoms with E-state index in [0.29, 0.717) is 13.2 Å². The molecule has 1 aromatic heterocycles. The number of hydrogen-bond donors (Lipinski definition) is 1. The largest absolute Gasteiger partial charge is 0.471 e. The predicted molar refractivity (Wildman–Crippen MR) is 40.9 cm³/mol. The van der Waals surface area contributed by atoms with Crippen molar-refractivity contribution in [3.05, 3.63) is 11.7 Å². The number of rotatable bonds is 1. The molecule has 84 valence electrons. The van der Waals surface area contributed by atoms with Crippen LogP contribution in [0.3, 0.4) is 0 Å². The Morgan fingerprint density at radius 1 is 1.40 bits per heavy atom. The van der Waals surface area contributed by atoms with E-state index in [9.17, 15) is 13.2 Å². The van der Waals surface area contributed by atoms with Gasteiger partial charge in [0.15, 0.2) is 5.82 Å². The third-order valence-corrected chi connectivity index (χ3v) is 1.92. The molecule has 0 aromatic carbocycles. The zero-order valence-corrected chi connectivity index (χ0v) is 7.54. The molecule has 1 fully saturated rings. The molecule has 1 aromatic rings. The van der Waals surface area contributed by atoms with Gasteiger partial charge in [0.25, 0.3) is 0 Å². The Kier molecular flexibility index (Phi) is 2.61. The first-order chi connectivity index (χ1) is 7.07. The van der Waals surface area contributed by atoms with Gasteiger partial charge in [-0.05, 0) is 0 Å². The van der Waals surface area contributed by atoms with Gasteiger partial charge in [0.1, 0.15) is 0 Å². The van der Waals surface area contributed by atoms with Crippen LogP contribution in [-0.2, 0) is 10.9 Å². The Bertz CT molecular complexity index is 332. The van der Waals surface area contributed by atoms with Gasteiger partial charge in [-0.1, -0.05) is 5.16 Å². The monoisotopic (exact) mass is 223 g/mol. The third kappa shape index (κ3) is 2.26. The maximum Gasteiger partial charge on any atom is 0.471 e. The van der Waals surface area contributed by atoms with Crippen LogP contribution in [0.15, 0.2) is 4.52 Å². The molecule has 1 aliphatic heterocycles. The van der Waals surface area contributed by atoms with Crippen molar-refractivity contribution in [3.63, 3.8) is 0 Å². The Balaban J connectivity index is 2.12. The van der Waals surface area contributed by atoms with E-state index in [2.05, 4.69) is 20.0 Å². The SMILES string of the molecule is FC(F)(F)c1nc(C2COCCN2)no1. The molecule has 0 amide bonds. The van der Waals surface area contributed by atoms with Crippen molar-refractivity contribution >= 4 is 0 Å². The van der Waals surface area contributed by atoms with Gasteiger partial charge in [-0.2, -0.15) is 18.2 Å². The molecular formula is C7H8F3N3O2. The molecule has 1 atom stereocenters. The topological polar surface area (TPSA) is 60.2 Å². The van der Waals surface area contributed by atoms with E-state index in [-0.39, 0.29) is 12.4 Å². The number of nitrogens with one attached hydrogen (secondary N) is 1. The summed E-state index contributed by atoms with van der Waals surface area (Å²) >= 11 is 0. The second-order valence-electron chi connectivity index (χ2n) is 3.04. The average molecular weight is 223 g/mol. The maximum atomic E-state index is 12.1. The van der Waals surface area contributed by atoms with Crippen molar-refractivity contribution in [2.45, 2.75) is 12.2 Å². The van der Waals surface area contributed by atoms with Crippen LogP contribution in [-0.4, -0.2) is 29.9 Å². The fourth-order valence-electron chi connectivity index (χ4n) is 1.22. The lowest BCUT2D eigenvalue weighted by atomic mass is 10.2. The highest BCUT2D eigenvalue weighted by molar-refractivity contribution is 4.97. The van der Waals surface area contributed by atoms with Crippen LogP contribution >= 0.6 is 0 Å². The van der Waals surface area contributed by atoms with E-state index in [1.54, 1.807) is 0 Å². The molecule has 0 saturated carbocycles. The summed E-state index contributed by atoms with van der Waals surface area (Å²) in [6.45, 7) is 1.33. The van der Waals surface area contributed by atoms with Gasteiger partial charge in [0.2, 0.25) is 0 Å². The number of aromatic nitrogens is 2. The van der Waals surface area contributed by atoms with Gasteiger partial charge in [-0.3, -0.25) is 0 Å². The molecule has 0 radical (unpaired) electrons. The van der Waals surface area contributed by atoms with Crippen LogP contribution in [0, 0.1) is 0 Å². The van der Waals surface area contributed by atoms with E-state index in [4.69, 9.17) is 4.74 Å². The summed E-state index contributed by atoms with van der Waals surface area (Å²) in [5, 5.41) is 6.18. The van der Waals surface area contributed by atoms with E-state index < -0.39 is 18.1 Å². The molecule has 2 heterocycles. The fraction of sp³-hybridized carbons (Fsp3) is 0.714. The first-order valence-corrected chi connectivity index (χ1v) is 4.29. The third-order valence-electron chi connectivity index (χ3n) is 1.92. The van der Waals surface area contributed by atoms with Gasteiger partial charge in [0.05, 0.1) is 19.3 Å². The van der Waals surface area contributed by atoms with Crippen molar-refractivity contribution < 1.29 is 22.4 Å². The lowest BCUT2D eigenvalue weighted by Crippen LogP contribution is -2.35. The van der Waals surface area contributed by atoms with E-state index in [1.807, 2.05) is 0 Å². The quantitative estimate of drug-likeness (QED) is 0.761. The minimum atomic E-state index is -4.60. The highest BCUT2D eigenvalue weighted by Crippen LogP contribution is 2.28. The second-order valence-corrected chi connectivity index (χ2v) is 3.04. The minimum Gasteiger partial charge on any atom is -0.378 e. The summed E-state index contributed by atoms with van der Waals surface area (Å²) in [6.07, 6.45) is -4.60. The van der Waals surface area contributed by atoms with Crippen LogP contribution in [0.25, 0.3) is 0 Å². The fourth-order valence-corrected chi connectivity index (χ4v) is 1.22. The van der Waals surface area contributed by atoms with Gasteiger partial charge in [0, 0.05) is 6.54 Å². The van der Waals surface area contributed by atoms with E-state index in [1.165, 1.54) is 0 Å². The smallest absolute Gasteiger partial charge is 0.378 e. The molecule has 1 unspecified atom stereocenters. The summed E-state index contributed by atoms with van der Waals surface area (Å²) < 4.78 is 45.5. The van der Waals surface area contributed by atoms with Crippen LogP contribution in [0.1, 0.15) is 17.8 Å². The molecular weight excluding hydrogens is 215 g/mol. The lowest BCUT2D eigenvalue weighted by molar-refractivity contribution is -0.159. The first kappa shape index (κ1) is 10.4. The normalized spacial score (nSPS) is 23.0. The molecule has 0 bridgehead atoms. The van der Waals surface area contributed by atoms with Crippen molar-refractivity contribution in [3.8, 4) is 0 Å². The summed E-state index contributed by atoms with van der Waals surface area (Å²) in [4.78, 5) is 3.26. The molecule has 8 heteroatoms. The van der Waals surface area contributed by atoms with Crippen LogP contribution in [0.2, 0.25) is 0 Å². The first-order valence-electron chi connectivity index (χ1n) is 4.29. The standard InChI is InChI=1S/C7H8F3N3O2/c8-7(9,10)6-12-5(13-15-6)4-3-14-2-1-11-4/h4,11H,1-3H2. The number of halogens is 3. The average Bonchev–Trinajstić information content (AvgIpc) is 2.67. The minimum absolute atomic E-state index is 0.0259. The molecule has 0 spiro atoms. The van der Waals surface area contributed by atoms with Gasteiger partial charge in [-0.15, -0.1) is 0 Å². The van der Waals surface area contributed by atoms with Crippen molar-refractivity contribution in [2.75, 3.05) is 19.8 Å². The van der Waals surface area contributed by atoms with Gasteiger partial charge < -0.3 is 14.6 Å².